The number of aryl methyl sites for hydroxylation is 1. The molecule has 0 atom stereocenters. The summed E-state index contributed by atoms with van der Waals surface area (Å²) in [5.41, 5.74) is 0. The second-order valence-electron chi connectivity index (χ2n) is 6.38. The molecule has 1 N–H and O–H groups in total. The van der Waals surface area contributed by atoms with Crippen molar-refractivity contribution in [3.8, 4) is 0 Å². The highest BCUT2D eigenvalue weighted by Gasteiger charge is 2.26. The van der Waals surface area contributed by atoms with Gasteiger partial charge >= 0.3 is 0 Å². The van der Waals surface area contributed by atoms with Crippen LogP contribution in [0.25, 0.3) is 10.2 Å². The molecule has 1 aliphatic heterocycles. The standard InChI is InChI=1S/C16H21N5OS/c1-11-8-13-15(17-10-18-16(13)23-11)21-6-4-20(5-7-21)9-14(22)19-12-2-3-12/h8,10,12H,2-7,9H2,1H3,(H,19,22). The van der Waals surface area contributed by atoms with Crippen molar-refractivity contribution in [3.05, 3.63) is 17.3 Å². The van der Waals surface area contributed by atoms with Crippen LogP contribution in [0, 0.1) is 6.92 Å². The molecule has 2 aromatic rings. The fourth-order valence-corrected chi connectivity index (χ4v) is 3.88. The first kappa shape index (κ1) is 14.8. The van der Waals surface area contributed by atoms with Crippen molar-refractivity contribution in [3.63, 3.8) is 0 Å². The van der Waals surface area contributed by atoms with Crippen molar-refractivity contribution in [1.82, 2.24) is 20.2 Å². The molecule has 23 heavy (non-hydrogen) atoms. The predicted molar refractivity (Wildman–Crippen MR) is 92.0 cm³/mol. The number of carbonyl (C=O) groups excluding carboxylic acids is 1. The first-order valence-corrected chi connectivity index (χ1v) is 8.98. The Labute approximate surface area is 139 Å². The van der Waals surface area contributed by atoms with E-state index in [4.69, 9.17) is 0 Å². The van der Waals surface area contributed by atoms with Crippen LogP contribution in [0.2, 0.25) is 0 Å². The molecule has 0 aromatic carbocycles. The molecule has 0 spiro atoms. The van der Waals surface area contributed by atoms with Gasteiger partial charge in [-0.1, -0.05) is 0 Å². The van der Waals surface area contributed by atoms with Crippen molar-refractivity contribution in [2.45, 2.75) is 25.8 Å². The molecule has 7 heteroatoms. The maximum atomic E-state index is 11.9. The van der Waals surface area contributed by atoms with Gasteiger partial charge in [0, 0.05) is 37.1 Å². The van der Waals surface area contributed by atoms with Gasteiger partial charge in [0.05, 0.1) is 11.9 Å². The molecular formula is C16H21N5OS. The number of nitrogens with zero attached hydrogens (tertiary/aromatic N) is 4. The van der Waals surface area contributed by atoms with E-state index in [9.17, 15) is 4.79 Å². The minimum atomic E-state index is 0.166. The zero-order chi connectivity index (χ0) is 15.8. The summed E-state index contributed by atoms with van der Waals surface area (Å²) in [6.07, 6.45) is 3.94. The largest absolute Gasteiger partial charge is 0.353 e. The molecule has 122 valence electrons. The predicted octanol–water partition coefficient (Wildman–Crippen LogP) is 1.40. The zero-order valence-corrected chi connectivity index (χ0v) is 14.1. The third-order valence-electron chi connectivity index (χ3n) is 4.41. The van der Waals surface area contributed by atoms with E-state index < -0.39 is 0 Å². The van der Waals surface area contributed by atoms with E-state index in [2.05, 4.69) is 38.1 Å². The minimum absolute atomic E-state index is 0.166. The van der Waals surface area contributed by atoms with Gasteiger partial charge in [-0.05, 0) is 25.8 Å². The lowest BCUT2D eigenvalue weighted by Gasteiger charge is -2.35. The summed E-state index contributed by atoms with van der Waals surface area (Å²) in [6.45, 7) is 6.21. The summed E-state index contributed by atoms with van der Waals surface area (Å²) in [5, 5.41) is 4.21. The number of thiophene rings is 1. The smallest absolute Gasteiger partial charge is 0.234 e. The number of carbonyl (C=O) groups is 1. The van der Waals surface area contributed by atoms with Crippen LogP contribution in [0.15, 0.2) is 12.4 Å². The number of rotatable bonds is 4. The normalized spacial score (nSPS) is 19.3. The summed E-state index contributed by atoms with van der Waals surface area (Å²) in [5.74, 6) is 1.19. The number of amides is 1. The van der Waals surface area contributed by atoms with Crippen LogP contribution < -0.4 is 10.2 Å². The van der Waals surface area contributed by atoms with E-state index in [0.717, 1.165) is 55.1 Å². The highest BCUT2D eigenvalue weighted by atomic mass is 32.1. The van der Waals surface area contributed by atoms with E-state index in [1.54, 1.807) is 17.7 Å². The molecule has 1 amide bonds. The van der Waals surface area contributed by atoms with E-state index >= 15 is 0 Å². The van der Waals surface area contributed by atoms with Crippen LogP contribution in [0.5, 0.6) is 0 Å². The minimum Gasteiger partial charge on any atom is -0.353 e. The molecule has 1 saturated heterocycles. The SMILES string of the molecule is Cc1cc2c(N3CCN(CC(=O)NC4CC4)CC3)ncnc2s1. The van der Waals surface area contributed by atoms with E-state index in [1.165, 1.54) is 4.88 Å². The number of fused-ring (bicyclic) bond motifs is 1. The van der Waals surface area contributed by atoms with Gasteiger partial charge in [0.25, 0.3) is 0 Å². The van der Waals surface area contributed by atoms with Gasteiger partial charge in [0.1, 0.15) is 17.0 Å². The first-order chi connectivity index (χ1) is 11.2. The molecular weight excluding hydrogens is 310 g/mol. The van der Waals surface area contributed by atoms with Crippen molar-refractivity contribution in [2.75, 3.05) is 37.6 Å². The molecule has 3 heterocycles. The van der Waals surface area contributed by atoms with Gasteiger partial charge in [-0.2, -0.15) is 0 Å². The Morgan fingerprint density at radius 3 is 2.83 bits per heavy atom. The fourth-order valence-electron chi connectivity index (χ4n) is 3.04. The summed E-state index contributed by atoms with van der Waals surface area (Å²) in [4.78, 5) is 27.6. The van der Waals surface area contributed by atoms with Crippen LogP contribution in [-0.4, -0.2) is 59.5 Å². The highest BCUT2D eigenvalue weighted by molar-refractivity contribution is 7.18. The number of aromatic nitrogens is 2. The average molecular weight is 331 g/mol. The molecule has 1 aliphatic carbocycles. The third kappa shape index (κ3) is 3.30. The Bertz CT molecular complexity index is 718. The first-order valence-electron chi connectivity index (χ1n) is 8.17. The van der Waals surface area contributed by atoms with Crippen LogP contribution in [0.3, 0.4) is 0 Å². The van der Waals surface area contributed by atoms with Crippen molar-refractivity contribution in [1.29, 1.82) is 0 Å². The number of hydrogen-bond acceptors (Lipinski definition) is 6. The van der Waals surface area contributed by atoms with Gasteiger partial charge in [-0.25, -0.2) is 9.97 Å². The monoisotopic (exact) mass is 331 g/mol. The average Bonchev–Trinajstić information content (AvgIpc) is 3.25. The highest BCUT2D eigenvalue weighted by Crippen LogP contribution is 2.30. The van der Waals surface area contributed by atoms with Crippen molar-refractivity contribution in [2.24, 2.45) is 0 Å². The van der Waals surface area contributed by atoms with Crippen LogP contribution in [0.4, 0.5) is 5.82 Å². The van der Waals surface area contributed by atoms with Gasteiger partial charge in [0.2, 0.25) is 5.91 Å². The molecule has 4 rings (SSSR count). The Balaban J connectivity index is 1.39. The fraction of sp³-hybridized carbons (Fsp3) is 0.562. The maximum Gasteiger partial charge on any atom is 0.234 e. The van der Waals surface area contributed by atoms with E-state index in [-0.39, 0.29) is 5.91 Å². The zero-order valence-electron chi connectivity index (χ0n) is 13.3. The van der Waals surface area contributed by atoms with Gasteiger partial charge in [-0.3, -0.25) is 9.69 Å². The second-order valence-corrected chi connectivity index (χ2v) is 7.61. The summed E-state index contributed by atoms with van der Waals surface area (Å²) < 4.78 is 0. The molecule has 2 aliphatic rings. The molecule has 2 fully saturated rings. The Hall–Kier alpha value is -1.73. The summed E-state index contributed by atoms with van der Waals surface area (Å²) in [7, 11) is 0. The molecule has 0 bridgehead atoms. The molecule has 0 radical (unpaired) electrons. The third-order valence-corrected chi connectivity index (χ3v) is 5.37. The summed E-state index contributed by atoms with van der Waals surface area (Å²) >= 11 is 1.71. The lowest BCUT2D eigenvalue weighted by Crippen LogP contribution is -2.50. The number of anilines is 1. The lowest BCUT2D eigenvalue weighted by atomic mass is 10.2. The quantitative estimate of drug-likeness (QED) is 0.918. The van der Waals surface area contributed by atoms with Crippen molar-refractivity contribution >= 4 is 33.3 Å². The Kier molecular flexibility index (Phi) is 3.90. The van der Waals surface area contributed by atoms with Gasteiger partial charge in [0.15, 0.2) is 0 Å². The topological polar surface area (TPSA) is 61.4 Å². The Morgan fingerprint density at radius 2 is 2.09 bits per heavy atom. The van der Waals surface area contributed by atoms with Crippen LogP contribution in [0.1, 0.15) is 17.7 Å². The number of nitrogens with one attached hydrogen (secondary N) is 1. The van der Waals surface area contributed by atoms with Crippen LogP contribution >= 0.6 is 11.3 Å². The summed E-state index contributed by atoms with van der Waals surface area (Å²) in [6, 6.07) is 2.62. The maximum absolute atomic E-state index is 11.9. The van der Waals surface area contributed by atoms with E-state index in [1.807, 2.05) is 0 Å². The molecule has 0 unspecified atom stereocenters. The second kappa shape index (κ2) is 6.05. The lowest BCUT2D eigenvalue weighted by molar-refractivity contribution is -0.122. The van der Waals surface area contributed by atoms with Gasteiger partial charge < -0.3 is 10.2 Å². The number of piperazine rings is 1. The van der Waals surface area contributed by atoms with Crippen molar-refractivity contribution < 1.29 is 4.79 Å². The molecule has 2 aromatic heterocycles. The van der Waals surface area contributed by atoms with E-state index in [0.29, 0.717) is 12.6 Å². The molecule has 6 nitrogen and oxygen atoms in total. The molecule has 1 saturated carbocycles. The van der Waals surface area contributed by atoms with Crippen LogP contribution in [-0.2, 0) is 4.79 Å². The van der Waals surface area contributed by atoms with Gasteiger partial charge in [-0.15, -0.1) is 11.3 Å². The Morgan fingerprint density at radius 1 is 1.30 bits per heavy atom. The number of hydrogen-bond donors (Lipinski definition) is 1.